The average Bonchev–Trinajstić information content (AvgIpc) is 3.21. The van der Waals surface area contributed by atoms with Crippen molar-refractivity contribution in [2.24, 2.45) is 5.92 Å². The number of carbonyl (C=O) groups excluding carboxylic acids is 1. The molecule has 0 aliphatic carbocycles. The molecule has 0 aliphatic heterocycles. The fourth-order valence-electron chi connectivity index (χ4n) is 2.78. The molecule has 30 heavy (non-hydrogen) atoms. The van der Waals surface area contributed by atoms with Crippen molar-refractivity contribution in [3.05, 3.63) is 76.4 Å². The van der Waals surface area contributed by atoms with Crippen molar-refractivity contribution >= 4 is 29.0 Å². The van der Waals surface area contributed by atoms with Crippen LogP contribution in [-0.4, -0.2) is 31.3 Å². The molecule has 0 radical (unpaired) electrons. The highest BCUT2D eigenvalue weighted by atomic mass is 32.2. The van der Waals surface area contributed by atoms with Gasteiger partial charge in [0.1, 0.15) is 12.7 Å². The second-order valence-electron chi connectivity index (χ2n) is 7.22. The highest BCUT2D eigenvalue weighted by Gasteiger charge is 2.18. The van der Waals surface area contributed by atoms with E-state index in [1.807, 2.05) is 18.2 Å². The van der Waals surface area contributed by atoms with Gasteiger partial charge in [-0.1, -0.05) is 26.0 Å². The molecule has 0 fully saturated rings. The summed E-state index contributed by atoms with van der Waals surface area (Å²) in [6, 6.07) is 12.0. The fourth-order valence-corrected chi connectivity index (χ4v) is 4.03. The number of nitro benzene ring substituents is 1. The monoisotopic (exact) mass is 425 g/mol. The fraction of sp³-hybridized carbons (Fsp3) is 0.286. The summed E-state index contributed by atoms with van der Waals surface area (Å²) in [5.41, 5.74) is 1.75. The van der Waals surface area contributed by atoms with Crippen LogP contribution in [0.25, 0.3) is 0 Å². The lowest BCUT2D eigenvalue weighted by Crippen LogP contribution is -2.12. The zero-order valence-electron chi connectivity index (χ0n) is 16.8. The molecule has 156 valence electrons. The predicted molar refractivity (Wildman–Crippen MR) is 117 cm³/mol. The maximum absolute atomic E-state index is 12.7. The molecule has 1 aromatic heterocycles. The summed E-state index contributed by atoms with van der Waals surface area (Å²) >= 11 is 1.44. The number of nitrogens with zero attached hydrogens (tertiary/aromatic N) is 4. The molecule has 0 bridgehead atoms. The van der Waals surface area contributed by atoms with E-state index in [1.165, 1.54) is 24.2 Å². The second-order valence-corrected chi connectivity index (χ2v) is 8.35. The van der Waals surface area contributed by atoms with Crippen LogP contribution in [0.1, 0.15) is 36.2 Å². The second kappa shape index (κ2) is 10.0. The van der Waals surface area contributed by atoms with Gasteiger partial charge >= 0.3 is 0 Å². The number of anilines is 1. The first-order chi connectivity index (χ1) is 14.4. The summed E-state index contributed by atoms with van der Waals surface area (Å²) in [5.74, 6) is 0.930. The standard InChI is InChI=1S/C21H23N5O3S/c1-15(2)8-9-30-20-7-6-17(11-19(20)26(28)29)21(27)24-18-5-3-4-16(10-18)12-25-14-22-13-23-25/h3-7,10-11,13-15H,8-9,12H2,1-2H3,(H,24,27). The summed E-state index contributed by atoms with van der Waals surface area (Å²) in [6.45, 7) is 4.75. The molecule has 3 rings (SSSR count). The molecule has 8 nitrogen and oxygen atoms in total. The summed E-state index contributed by atoms with van der Waals surface area (Å²) in [5, 5.41) is 18.4. The minimum absolute atomic E-state index is 0.0451. The molecule has 0 aliphatic rings. The van der Waals surface area contributed by atoms with Crippen molar-refractivity contribution in [2.45, 2.75) is 31.7 Å². The maximum Gasteiger partial charge on any atom is 0.283 e. The van der Waals surface area contributed by atoms with Crippen LogP contribution in [0.15, 0.2) is 60.0 Å². The first kappa shape index (κ1) is 21.5. The molecule has 0 spiro atoms. The minimum Gasteiger partial charge on any atom is -0.322 e. The maximum atomic E-state index is 12.7. The zero-order chi connectivity index (χ0) is 21.5. The minimum atomic E-state index is -0.437. The van der Waals surface area contributed by atoms with Gasteiger partial charge in [0.15, 0.2) is 0 Å². The van der Waals surface area contributed by atoms with Crippen LogP contribution in [0, 0.1) is 16.0 Å². The molecular formula is C21H23N5O3S. The number of thioether (sulfide) groups is 1. The van der Waals surface area contributed by atoms with Crippen LogP contribution in [0.5, 0.6) is 0 Å². The number of hydrogen-bond donors (Lipinski definition) is 1. The lowest BCUT2D eigenvalue weighted by Gasteiger charge is -2.09. The van der Waals surface area contributed by atoms with E-state index in [0.29, 0.717) is 23.0 Å². The van der Waals surface area contributed by atoms with Crippen LogP contribution in [0.2, 0.25) is 0 Å². The molecule has 3 aromatic rings. The number of benzene rings is 2. The SMILES string of the molecule is CC(C)CCSc1ccc(C(=O)Nc2cccc(Cn3cncn3)c2)cc1[N+](=O)[O-]. The Morgan fingerprint density at radius 1 is 1.27 bits per heavy atom. The molecule has 2 aromatic carbocycles. The highest BCUT2D eigenvalue weighted by molar-refractivity contribution is 7.99. The quantitative estimate of drug-likeness (QED) is 0.305. The molecule has 0 saturated heterocycles. The third-order valence-corrected chi connectivity index (χ3v) is 5.46. The van der Waals surface area contributed by atoms with E-state index >= 15 is 0 Å². The Bertz CT molecular complexity index is 1020. The molecule has 1 N–H and O–H groups in total. The van der Waals surface area contributed by atoms with Gasteiger partial charge in [-0.2, -0.15) is 5.10 Å². The molecule has 0 unspecified atom stereocenters. The van der Waals surface area contributed by atoms with Gasteiger partial charge in [0, 0.05) is 17.3 Å². The normalized spacial score (nSPS) is 10.9. The van der Waals surface area contributed by atoms with Crippen LogP contribution in [0.3, 0.4) is 0 Å². The molecule has 9 heteroatoms. The predicted octanol–water partition coefficient (Wildman–Crippen LogP) is 4.63. The zero-order valence-corrected chi connectivity index (χ0v) is 17.6. The van der Waals surface area contributed by atoms with Gasteiger partial charge in [0.25, 0.3) is 11.6 Å². The average molecular weight is 426 g/mol. The van der Waals surface area contributed by atoms with Crippen molar-refractivity contribution in [2.75, 3.05) is 11.1 Å². The number of aromatic nitrogens is 3. The number of carbonyl (C=O) groups is 1. The third-order valence-electron chi connectivity index (χ3n) is 4.37. The largest absolute Gasteiger partial charge is 0.322 e. The Labute approximate surface area is 178 Å². The highest BCUT2D eigenvalue weighted by Crippen LogP contribution is 2.31. The smallest absolute Gasteiger partial charge is 0.283 e. The molecule has 0 atom stereocenters. The first-order valence-electron chi connectivity index (χ1n) is 9.56. The third kappa shape index (κ3) is 5.90. The molecule has 1 amide bonds. The Kier molecular flexibility index (Phi) is 7.18. The van der Waals surface area contributed by atoms with Crippen molar-refractivity contribution in [3.8, 4) is 0 Å². The lowest BCUT2D eigenvalue weighted by atomic mass is 10.1. The van der Waals surface area contributed by atoms with Crippen molar-refractivity contribution in [1.82, 2.24) is 14.8 Å². The molecule has 1 heterocycles. The topological polar surface area (TPSA) is 103 Å². The van der Waals surface area contributed by atoms with Gasteiger partial charge in [-0.25, -0.2) is 9.67 Å². The van der Waals surface area contributed by atoms with E-state index in [-0.39, 0.29) is 11.3 Å². The molecule has 0 saturated carbocycles. The number of hydrogen-bond acceptors (Lipinski definition) is 6. The number of nitrogens with one attached hydrogen (secondary N) is 1. The van der Waals surface area contributed by atoms with E-state index in [2.05, 4.69) is 29.2 Å². The van der Waals surface area contributed by atoms with E-state index in [1.54, 1.807) is 29.2 Å². The first-order valence-corrected chi connectivity index (χ1v) is 10.5. The Hall–Kier alpha value is -3.20. The van der Waals surface area contributed by atoms with E-state index in [0.717, 1.165) is 17.7 Å². The van der Waals surface area contributed by atoms with Crippen LogP contribution in [-0.2, 0) is 6.54 Å². The lowest BCUT2D eigenvalue weighted by molar-refractivity contribution is -0.387. The van der Waals surface area contributed by atoms with Gasteiger partial charge in [-0.05, 0) is 47.9 Å². The number of amides is 1. The van der Waals surface area contributed by atoms with Gasteiger partial charge in [0.2, 0.25) is 0 Å². The molecular weight excluding hydrogens is 402 g/mol. The summed E-state index contributed by atoms with van der Waals surface area (Å²) in [6.07, 6.45) is 4.05. The van der Waals surface area contributed by atoms with Crippen LogP contribution in [0.4, 0.5) is 11.4 Å². The summed E-state index contributed by atoms with van der Waals surface area (Å²) in [7, 11) is 0. The van der Waals surface area contributed by atoms with E-state index in [4.69, 9.17) is 0 Å². The van der Waals surface area contributed by atoms with Crippen molar-refractivity contribution in [3.63, 3.8) is 0 Å². The van der Waals surface area contributed by atoms with Crippen molar-refractivity contribution < 1.29 is 9.72 Å². The van der Waals surface area contributed by atoms with Gasteiger partial charge in [-0.3, -0.25) is 14.9 Å². The summed E-state index contributed by atoms with van der Waals surface area (Å²) in [4.78, 5) is 28.2. The van der Waals surface area contributed by atoms with Crippen LogP contribution >= 0.6 is 11.8 Å². The van der Waals surface area contributed by atoms with Crippen LogP contribution < -0.4 is 5.32 Å². The van der Waals surface area contributed by atoms with E-state index in [9.17, 15) is 14.9 Å². The van der Waals surface area contributed by atoms with Crippen molar-refractivity contribution in [1.29, 1.82) is 0 Å². The summed E-state index contributed by atoms with van der Waals surface area (Å²) < 4.78 is 1.68. The Morgan fingerprint density at radius 2 is 2.10 bits per heavy atom. The Balaban J connectivity index is 1.72. The van der Waals surface area contributed by atoms with E-state index < -0.39 is 10.8 Å². The van der Waals surface area contributed by atoms with Gasteiger partial charge in [-0.15, -0.1) is 11.8 Å². The Morgan fingerprint density at radius 3 is 2.80 bits per heavy atom. The number of nitro groups is 1. The van der Waals surface area contributed by atoms with Gasteiger partial charge in [0.05, 0.1) is 16.4 Å². The number of rotatable bonds is 9. The van der Waals surface area contributed by atoms with Gasteiger partial charge < -0.3 is 5.32 Å².